The van der Waals surface area contributed by atoms with E-state index in [0.29, 0.717) is 5.69 Å². The molecule has 1 aromatic carbocycles. The lowest BCUT2D eigenvalue weighted by molar-refractivity contribution is 0.607. The summed E-state index contributed by atoms with van der Waals surface area (Å²) in [5.74, 6) is 0. The Bertz CT molecular complexity index is 426. The maximum Gasteiger partial charge on any atom is 0.229 e. The predicted molar refractivity (Wildman–Crippen MR) is 59.2 cm³/mol. The van der Waals surface area contributed by atoms with E-state index in [-0.39, 0.29) is 0 Å². The van der Waals surface area contributed by atoms with E-state index in [2.05, 4.69) is 10.0 Å². The lowest BCUT2D eigenvalue weighted by Crippen LogP contribution is -2.12. The third-order valence-electron chi connectivity index (χ3n) is 1.83. The molecule has 0 spiro atoms. The number of benzene rings is 1. The standard InChI is InChI=1S/C9H14N2O2S/c1-7-5-4-6-8(10-2)9(7)11-14(3,12)13/h4-6,10-11H,1-3H3. The molecule has 0 unspecified atom stereocenters. The van der Waals surface area contributed by atoms with E-state index in [4.69, 9.17) is 0 Å². The minimum Gasteiger partial charge on any atom is -0.386 e. The van der Waals surface area contributed by atoms with Crippen molar-refractivity contribution < 1.29 is 8.42 Å². The van der Waals surface area contributed by atoms with Crippen molar-refractivity contribution in [3.63, 3.8) is 0 Å². The number of anilines is 2. The van der Waals surface area contributed by atoms with Gasteiger partial charge in [-0.15, -0.1) is 0 Å². The molecule has 0 bridgehead atoms. The molecule has 5 heteroatoms. The van der Waals surface area contributed by atoms with Gasteiger partial charge in [0.25, 0.3) is 0 Å². The monoisotopic (exact) mass is 214 g/mol. The largest absolute Gasteiger partial charge is 0.386 e. The number of nitrogens with one attached hydrogen (secondary N) is 2. The average Bonchev–Trinajstić information content (AvgIpc) is 2.06. The Morgan fingerprint density at radius 3 is 2.43 bits per heavy atom. The van der Waals surface area contributed by atoms with Crippen LogP contribution in [-0.4, -0.2) is 21.7 Å². The number of hydrogen-bond donors (Lipinski definition) is 2. The summed E-state index contributed by atoms with van der Waals surface area (Å²) in [5.41, 5.74) is 2.27. The number of hydrogen-bond acceptors (Lipinski definition) is 3. The van der Waals surface area contributed by atoms with Crippen molar-refractivity contribution >= 4 is 21.4 Å². The van der Waals surface area contributed by atoms with Crippen LogP contribution < -0.4 is 10.0 Å². The zero-order valence-electron chi connectivity index (χ0n) is 8.46. The molecule has 14 heavy (non-hydrogen) atoms. The molecule has 0 heterocycles. The van der Waals surface area contributed by atoms with E-state index < -0.39 is 10.0 Å². The number of para-hydroxylation sites is 1. The second-order valence-electron chi connectivity index (χ2n) is 3.12. The molecule has 0 atom stereocenters. The summed E-state index contributed by atoms with van der Waals surface area (Å²) in [6.45, 7) is 1.86. The minimum absolute atomic E-state index is 0.609. The van der Waals surface area contributed by atoms with E-state index in [0.717, 1.165) is 17.5 Å². The molecule has 0 saturated heterocycles. The molecule has 1 aromatic rings. The van der Waals surface area contributed by atoms with Crippen LogP contribution in [-0.2, 0) is 10.0 Å². The van der Waals surface area contributed by atoms with Gasteiger partial charge >= 0.3 is 0 Å². The molecule has 0 aromatic heterocycles. The highest BCUT2D eigenvalue weighted by atomic mass is 32.2. The Kier molecular flexibility index (Phi) is 3.00. The van der Waals surface area contributed by atoms with Gasteiger partial charge < -0.3 is 5.32 Å². The summed E-state index contributed by atoms with van der Waals surface area (Å²) in [4.78, 5) is 0. The summed E-state index contributed by atoms with van der Waals surface area (Å²) in [7, 11) is -1.47. The Labute approximate surface area is 84.4 Å². The van der Waals surface area contributed by atoms with Gasteiger partial charge in [0.05, 0.1) is 17.6 Å². The van der Waals surface area contributed by atoms with Crippen LogP contribution in [0.3, 0.4) is 0 Å². The molecule has 2 N–H and O–H groups in total. The van der Waals surface area contributed by atoms with Crippen LogP contribution in [0, 0.1) is 6.92 Å². The topological polar surface area (TPSA) is 58.2 Å². The van der Waals surface area contributed by atoms with Crippen molar-refractivity contribution in [3.8, 4) is 0 Å². The molecule has 1 rings (SSSR count). The van der Waals surface area contributed by atoms with Crippen LogP contribution in [0.15, 0.2) is 18.2 Å². The van der Waals surface area contributed by atoms with E-state index in [1.165, 1.54) is 0 Å². The van der Waals surface area contributed by atoms with Crippen molar-refractivity contribution in [3.05, 3.63) is 23.8 Å². The van der Waals surface area contributed by atoms with E-state index in [9.17, 15) is 8.42 Å². The lowest BCUT2D eigenvalue weighted by Gasteiger charge is -2.12. The van der Waals surface area contributed by atoms with Gasteiger partial charge in [0.15, 0.2) is 0 Å². The van der Waals surface area contributed by atoms with Crippen molar-refractivity contribution in [2.45, 2.75) is 6.92 Å². The van der Waals surface area contributed by atoms with Crippen molar-refractivity contribution in [2.24, 2.45) is 0 Å². The fourth-order valence-corrected chi connectivity index (χ4v) is 1.84. The van der Waals surface area contributed by atoms with E-state index in [1.54, 1.807) is 7.05 Å². The molecule has 78 valence electrons. The molecule has 4 nitrogen and oxygen atoms in total. The van der Waals surface area contributed by atoms with Gasteiger partial charge in [-0.05, 0) is 18.6 Å². The first-order valence-electron chi connectivity index (χ1n) is 4.19. The van der Waals surface area contributed by atoms with Crippen LogP contribution in [0.4, 0.5) is 11.4 Å². The molecule has 0 aliphatic heterocycles. The van der Waals surface area contributed by atoms with Crippen LogP contribution in [0.5, 0.6) is 0 Å². The van der Waals surface area contributed by atoms with Crippen LogP contribution in [0.25, 0.3) is 0 Å². The molecular weight excluding hydrogens is 200 g/mol. The SMILES string of the molecule is CNc1cccc(C)c1NS(C)(=O)=O. The van der Waals surface area contributed by atoms with Gasteiger partial charge in [-0.3, -0.25) is 4.72 Å². The maximum atomic E-state index is 11.1. The number of rotatable bonds is 3. The van der Waals surface area contributed by atoms with Gasteiger partial charge in [0, 0.05) is 7.05 Å². The van der Waals surface area contributed by atoms with Crippen LogP contribution >= 0.6 is 0 Å². The fourth-order valence-electron chi connectivity index (χ4n) is 1.20. The molecule has 0 amide bonds. The predicted octanol–water partition coefficient (Wildman–Crippen LogP) is 1.41. The fraction of sp³-hybridized carbons (Fsp3) is 0.333. The average molecular weight is 214 g/mol. The first-order valence-corrected chi connectivity index (χ1v) is 6.08. The molecule has 0 radical (unpaired) electrons. The van der Waals surface area contributed by atoms with Crippen LogP contribution in [0.1, 0.15) is 5.56 Å². The Hall–Kier alpha value is -1.23. The summed E-state index contributed by atoms with van der Waals surface area (Å²) in [6, 6.07) is 5.55. The second kappa shape index (κ2) is 3.88. The summed E-state index contributed by atoms with van der Waals surface area (Å²) >= 11 is 0. The maximum absolute atomic E-state index is 11.1. The highest BCUT2D eigenvalue weighted by molar-refractivity contribution is 7.92. The van der Waals surface area contributed by atoms with Gasteiger partial charge in [-0.2, -0.15) is 0 Å². The van der Waals surface area contributed by atoms with E-state index >= 15 is 0 Å². The Balaban J connectivity index is 3.18. The first-order chi connectivity index (χ1) is 6.44. The van der Waals surface area contributed by atoms with E-state index in [1.807, 2.05) is 25.1 Å². The molecule has 0 fully saturated rings. The molecule has 0 aliphatic rings. The zero-order valence-corrected chi connectivity index (χ0v) is 9.27. The van der Waals surface area contributed by atoms with Gasteiger partial charge in [0.1, 0.15) is 0 Å². The lowest BCUT2D eigenvalue weighted by atomic mass is 10.2. The number of aryl methyl sites for hydroxylation is 1. The van der Waals surface area contributed by atoms with Gasteiger partial charge in [-0.25, -0.2) is 8.42 Å². The Morgan fingerprint density at radius 1 is 1.29 bits per heavy atom. The Morgan fingerprint density at radius 2 is 1.93 bits per heavy atom. The first kappa shape index (κ1) is 10.8. The molecule has 0 saturated carbocycles. The highest BCUT2D eigenvalue weighted by Crippen LogP contribution is 2.25. The van der Waals surface area contributed by atoms with Gasteiger partial charge in [-0.1, -0.05) is 12.1 Å². The second-order valence-corrected chi connectivity index (χ2v) is 4.87. The number of sulfonamides is 1. The summed E-state index contributed by atoms with van der Waals surface area (Å²) in [5, 5.41) is 2.93. The third kappa shape index (κ3) is 2.63. The quantitative estimate of drug-likeness (QED) is 0.799. The molecule has 0 aliphatic carbocycles. The summed E-state index contributed by atoms with van der Waals surface area (Å²) in [6.07, 6.45) is 1.14. The third-order valence-corrected chi connectivity index (χ3v) is 2.40. The van der Waals surface area contributed by atoms with Crippen molar-refractivity contribution in [2.75, 3.05) is 23.3 Å². The van der Waals surface area contributed by atoms with Crippen molar-refractivity contribution in [1.29, 1.82) is 0 Å². The van der Waals surface area contributed by atoms with Crippen molar-refractivity contribution in [1.82, 2.24) is 0 Å². The minimum atomic E-state index is -3.22. The smallest absolute Gasteiger partial charge is 0.229 e. The zero-order chi connectivity index (χ0) is 10.8. The normalized spacial score (nSPS) is 11.1. The summed E-state index contributed by atoms with van der Waals surface area (Å²) < 4.78 is 24.6. The highest BCUT2D eigenvalue weighted by Gasteiger charge is 2.08. The molecular formula is C9H14N2O2S. The van der Waals surface area contributed by atoms with Crippen LogP contribution in [0.2, 0.25) is 0 Å². The van der Waals surface area contributed by atoms with Gasteiger partial charge in [0.2, 0.25) is 10.0 Å².